The summed E-state index contributed by atoms with van der Waals surface area (Å²) in [7, 11) is 0. The third-order valence-corrected chi connectivity index (χ3v) is 2.40. The SMILES string of the molecule is CC(C)=CCN1N=C(c2ccccc2)[C@@H](O)O1. The van der Waals surface area contributed by atoms with Crippen molar-refractivity contribution in [2.45, 2.75) is 20.1 Å². The fourth-order valence-electron chi connectivity index (χ4n) is 1.51. The summed E-state index contributed by atoms with van der Waals surface area (Å²) < 4.78 is 0. The highest BCUT2D eigenvalue weighted by Gasteiger charge is 2.26. The first-order valence-corrected chi connectivity index (χ1v) is 5.56. The lowest BCUT2D eigenvalue weighted by molar-refractivity contribution is -0.211. The van der Waals surface area contributed by atoms with Gasteiger partial charge >= 0.3 is 0 Å². The Hall–Kier alpha value is -1.65. The second-order valence-corrected chi connectivity index (χ2v) is 4.13. The zero-order valence-corrected chi connectivity index (χ0v) is 10.00. The Morgan fingerprint density at radius 3 is 2.76 bits per heavy atom. The molecule has 2 rings (SSSR count). The first-order chi connectivity index (χ1) is 8.16. The van der Waals surface area contributed by atoms with Crippen molar-refractivity contribution in [3.05, 3.63) is 47.5 Å². The van der Waals surface area contributed by atoms with E-state index in [2.05, 4.69) is 5.10 Å². The molecule has 1 atom stereocenters. The number of aliphatic hydroxyl groups excluding tert-OH is 1. The van der Waals surface area contributed by atoms with Crippen LogP contribution in [-0.4, -0.2) is 28.8 Å². The van der Waals surface area contributed by atoms with Crippen LogP contribution < -0.4 is 0 Å². The molecule has 0 bridgehead atoms. The van der Waals surface area contributed by atoms with Gasteiger partial charge in [-0.25, -0.2) is 4.84 Å². The molecule has 0 aromatic heterocycles. The van der Waals surface area contributed by atoms with Gasteiger partial charge < -0.3 is 5.11 Å². The van der Waals surface area contributed by atoms with E-state index in [0.29, 0.717) is 12.3 Å². The minimum absolute atomic E-state index is 0.537. The molecule has 0 saturated heterocycles. The Kier molecular flexibility index (Phi) is 3.56. The van der Waals surface area contributed by atoms with Crippen LogP contribution in [0, 0.1) is 0 Å². The summed E-state index contributed by atoms with van der Waals surface area (Å²) in [4.78, 5) is 5.22. The van der Waals surface area contributed by atoms with Gasteiger partial charge in [-0.2, -0.15) is 5.17 Å². The molecule has 0 radical (unpaired) electrons. The van der Waals surface area contributed by atoms with Crippen LogP contribution in [-0.2, 0) is 4.84 Å². The van der Waals surface area contributed by atoms with Crippen molar-refractivity contribution in [3.8, 4) is 0 Å². The molecule has 1 aliphatic heterocycles. The minimum Gasteiger partial charge on any atom is -0.361 e. The Labute approximate surface area is 101 Å². The number of hydroxylamine groups is 1. The highest BCUT2D eigenvalue weighted by molar-refractivity contribution is 6.03. The zero-order chi connectivity index (χ0) is 12.3. The average Bonchev–Trinajstić information content (AvgIpc) is 2.69. The van der Waals surface area contributed by atoms with Gasteiger partial charge in [-0.05, 0) is 13.8 Å². The topological polar surface area (TPSA) is 45.1 Å². The molecule has 0 unspecified atom stereocenters. The summed E-state index contributed by atoms with van der Waals surface area (Å²) in [6.45, 7) is 4.55. The van der Waals surface area contributed by atoms with Crippen molar-refractivity contribution in [1.29, 1.82) is 0 Å². The molecule has 0 amide bonds. The number of hydrogen-bond acceptors (Lipinski definition) is 4. The average molecular weight is 232 g/mol. The third kappa shape index (κ3) is 2.93. The summed E-state index contributed by atoms with van der Waals surface area (Å²) >= 11 is 0. The molecule has 4 heteroatoms. The number of allylic oxidation sites excluding steroid dienone is 1. The van der Waals surface area contributed by atoms with Gasteiger partial charge in [-0.15, -0.1) is 5.10 Å². The molecule has 0 saturated carbocycles. The maximum absolute atomic E-state index is 9.76. The largest absolute Gasteiger partial charge is 0.361 e. The van der Waals surface area contributed by atoms with Gasteiger partial charge in [0.2, 0.25) is 6.29 Å². The number of hydrazone groups is 1. The van der Waals surface area contributed by atoms with Gasteiger partial charge in [-0.3, -0.25) is 0 Å². The maximum Gasteiger partial charge on any atom is 0.228 e. The third-order valence-electron chi connectivity index (χ3n) is 2.40. The van der Waals surface area contributed by atoms with E-state index in [1.807, 2.05) is 50.3 Å². The van der Waals surface area contributed by atoms with Gasteiger partial charge in [0, 0.05) is 5.56 Å². The van der Waals surface area contributed by atoms with E-state index < -0.39 is 6.29 Å². The van der Waals surface area contributed by atoms with Crippen molar-refractivity contribution in [2.24, 2.45) is 5.10 Å². The molecule has 4 nitrogen and oxygen atoms in total. The number of hydrogen-bond donors (Lipinski definition) is 1. The van der Waals surface area contributed by atoms with E-state index in [-0.39, 0.29) is 0 Å². The van der Waals surface area contributed by atoms with Crippen LogP contribution in [0.3, 0.4) is 0 Å². The van der Waals surface area contributed by atoms with E-state index in [1.165, 1.54) is 10.7 Å². The van der Waals surface area contributed by atoms with Gasteiger partial charge in [0.1, 0.15) is 5.71 Å². The lowest BCUT2D eigenvalue weighted by Gasteiger charge is -2.10. The van der Waals surface area contributed by atoms with Gasteiger partial charge in [0.25, 0.3) is 0 Å². The van der Waals surface area contributed by atoms with Crippen LogP contribution in [0.4, 0.5) is 0 Å². The Morgan fingerprint density at radius 1 is 1.41 bits per heavy atom. The van der Waals surface area contributed by atoms with E-state index in [4.69, 9.17) is 4.84 Å². The van der Waals surface area contributed by atoms with Gasteiger partial charge in [-0.1, -0.05) is 42.0 Å². The van der Waals surface area contributed by atoms with E-state index in [1.54, 1.807) is 0 Å². The highest BCUT2D eigenvalue weighted by Crippen LogP contribution is 2.15. The van der Waals surface area contributed by atoms with Crippen LogP contribution in [0.15, 0.2) is 47.1 Å². The summed E-state index contributed by atoms with van der Waals surface area (Å²) in [6, 6.07) is 9.53. The molecule has 1 heterocycles. The van der Waals surface area contributed by atoms with Gasteiger partial charge in [0.05, 0.1) is 6.54 Å². The summed E-state index contributed by atoms with van der Waals surface area (Å²) in [5.41, 5.74) is 2.61. The first kappa shape index (κ1) is 11.8. The van der Waals surface area contributed by atoms with Crippen LogP contribution in [0.5, 0.6) is 0 Å². The molecule has 90 valence electrons. The van der Waals surface area contributed by atoms with Crippen molar-refractivity contribution >= 4 is 5.71 Å². The lowest BCUT2D eigenvalue weighted by Crippen LogP contribution is -2.22. The number of benzene rings is 1. The Morgan fingerprint density at radius 2 is 2.12 bits per heavy atom. The van der Waals surface area contributed by atoms with Crippen molar-refractivity contribution in [2.75, 3.05) is 6.54 Å². The second-order valence-electron chi connectivity index (χ2n) is 4.13. The molecule has 0 aliphatic carbocycles. The number of rotatable bonds is 3. The van der Waals surface area contributed by atoms with E-state index in [0.717, 1.165) is 5.56 Å². The summed E-state index contributed by atoms with van der Waals surface area (Å²) in [5, 5.41) is 15.4. The Bertz CT molecular complexity index is 436. The van der Waals surface area contributed by atoms with Crippen LogP contribution in [0.2, 0.25) is 0 Å². The molecule has 1 aromatic carbocycles. The van der Waals surface area contributed by atoms with Crippen LogP contribution in [0.1, 0.15) is 19.4 Å². The van der Waals surface area contributed by atoms with Crippen LogP contribution >= 0.6 is 0 Å². The molecule has 1 aliphatic rings. The standard InChI is InChI=1S/C13H16N2O2/c1-10(2)8-9-15-14-12(13(16)17-15)11-6-4-3-5-7-11/h3-8,13,16H,9H2,1-2H3/t13-/m0/s1. The molecule has 17 heavy (non-hydrogen) atoms. The predicted molar refractivity (Wildman–Crippen MR) is 66.2 cm³/mol. The Balaban J connectivity index is 2.13. The summed E-state index contributed by atoms with van der Waals surface area (Å²) in [5.74, 6) is 0. The maximum atomic E-state index is 9.76. The predicted octanol–water partition coefficient (Wildman–Crippen LogP) is 1.92. The first-order valence-electron chi connectivity index (χ1n) is 5.56. The van der Waals surface area contributed by atoms with E-state index >= 15 is 0 Å². The highest BCUT2D eigenvalue weighted by atomic mass is 16.8. The molecule has 1 N–H and O–H groups in total. The number of aliphatic hydroxyl groups is 1. The quantitative estimate of drug-likeness (QED) is 0.810. The van der Waals surface area contributed by atoms with Crippen molar-refractivity contribution in [3.63, 3.8) is 0 Å². The fourth-order valence-corrected chi connectivity index (χ4v) is 1.51. The molecule has 0 spiro atoms. The number of nitrogens with zero attached hydrogens (tertiary/aromatic N) is 2. The molecular weight excluding hydrogens is 216 g/mol. The molecular formula is C13H16N2O2. The zero-order valence-electron chi connectivity index (χ0n) is 10.00. The minimum atomic E-state index is -0.983. The van der Waals surface area contributed by atoms with Gasteiger partial charge in [0.15, 0.2) is 0 Å². The molecule has 1 aromatic rings. The smallest absolute Gasteiger partial charge is 0.228 e. The van der Waals surface area contributed by atoms with Crippen LogP contribution in [0.25, 0.3) is 0 Å². The van der Waals surface area contributed by atoms with Crippen molar-refractivity contribution in [1.82, 2.24) is 5.17 Å². The van der Waals surface area contributed by atoms with Crippen molar-refractivity contribution < 1.29 is 9.94 Å². The second kappa shape index (κ2) is 5.12. The lowest BCUT2D eigenvalue weighted by atomic mass is 10.1. The normalized spacial score (nSPS) is 19.1. The monoisotopic (exact) mass is 232 g/mol. The van der Waals surface area contributed by atoms with E-state index in [9.17, 15) is 5.11 Å². The fraction of sp³-hybridized carbons (Fsp3) is 0.308. The molecule has 0 fully saturated rings. The summed E-state index contributed by atoms with van der Waals surface area (Å²) in [6.07, 6.45) is 1.01.